The van der Waals surface area contributed by atoms with Crippen LogP contribution in [0.2, 0.25) is 0 Å². The first-order valence-electron chi connectivity index (χ1n) is 10.4. The largest absolute Gasteiger partial charge is 0.466 e. The highest BCUT2D eigenvalue weighted by atomic mass is 16.5. The van der Waals surface area contributed by atoms with Crippen molar-refractivity contribution in [1.29, 1.82) is 5.26 Å². The molecule has 5 nitrogen and oxygen atoms in total. The Hall–Kier alpha value is -4.43. The van der Waals surface area contributed by atoms with Crippen molar-refractivity contribution >= 4 is 18.0 Å². The number of carbonyl (C=O) groups is 2. The van der Waals surface area contributed by atoms with Gasteiger partial charge in [0.05, 0.1) is 19.1 Å². The first kappa shape index (κ1) is 21.8. The van der Waals surface area contributed by atoms with Crippen LogP contribution in [0.25, 0.3) is 6.08 Å². The molecular formula is C28H22N2O3. The number of ether oxygens (including phenoxy) is 1. The van der Waals surface area contributed by atoms with Crippen LogP contribution >= 0.6 is 0 Å². The molecule has 162 valence electrons. The quantitative estimate of drug-likeness (QED) is 0.416. The van der Waals surface area contributed by atoms with Crippen LogP contribution in [-0.4, -0.2) is 23.9 Å². The van der Waals surface area contributed by atoms with Crippen LogP contribution in [0.15, 0.2) is 103 Å². The monoisotopic (exact) mass is 434 g/mol. The second-order valence-electron chi connectivity index (χ2n) is 7.68. The van der Waals surface area contributed by atoms with E-state index in [0.717, 1.165) is 5.56 Å². The van der Waals surface area contributed by atoms with E-state index in [1.807, 2.05) is 60.7 Å². The molecule has 1 heterocycles. The van der Waals surface area contributed by atoms with Crippen molar-refractivity contribution in [2.75, 3.05) is 7.11 Å². The summed E-state index contributed by atoms with van der Waals surface area (Å²) in [6, 6.07) is 27.7. The zero-order valence-corrected chi connectivity index (χ0v) is 18.1. The molecule has 0 N–H and O–H groups in total. The summed E-state index contributed by atoms with van der Waals surface area (Å²) in [5, 5.41) is 10.8. The summed E-state index contributed by atoms with van der Waals surface area (Å²) < 4.78 is 4.99. The average Bonchev–Trinajstić information content (AvgIpc) is 2.88. The SMILES string of the molecule is C=C(C(=O)OC)[C@@H](c1ccccc1)[C@]1(C#N)c2ccccc2C=CN1C(=O)c1ccccc1. The van der Waals surface area contributed by atoms with Crippen molar-refractivity contribution in [3.8, 4) is 6.07 Å². The van der Waals surface area contributed by atoms with E-state index in [1.54, 1.807) is 36.5 Å². The molecule has 1 aliphatic heterocycles. The minimum atomic E-state index is -1.58. The fraction of sp³-hybridized carbons (Fsp3) is 0.107. The van der Waals surface area contributed by atoms with Gasteiger partial charge < -0.3 is 4.74 Å². The third-order valence-corrected chi connectivity index (χ3v) is 5.91. The highest BCUT2D eigenvalue weighted by molar-refractivity contribution is 5.98. The molecule has 0 spiro atoms. The number of fused-ring (bicyclic) bond motifs is 1. The number of hydrogen-bond donors (Lipinski definition) is 0. The lowest BCUT2D eigenvalue weighted by atomic mass is 9.68. The predicted molar refractivity (Wildman–Crippen MR) is 126 cm³/mol. The van der Waals surface area contributed by atoms with E-state index in [0.29, 0.717) is 16.7 Å². The number of methoxy groups -OCH3 is 1. The number of carbonyl (C=O) groups excluding carboxylic acids is 2. The van der Waals surface area contributed by atoms with Crippen LogP contribution in [0.3, 0.4) is 0 Å². The number of hydrogen-bond acceptors (Lipinski definition) is 4. The summed E-state index contributed by atoms with van der Waals surface area (Å²) in [4.78, 5) is 27.9. The molecule has 3 aromatic rings. The fourth-order valence-electron chi connectivity index (χ4n) is 4.40. The molecule has 3 aromatic carbocycles. The molecule has 0 radical (unpaired) electrons. The van der Waals surface area contributed by atoms with Crippen molar-refractivity contribution in [2.45, 2.75) is 11.5 Å². The summed E-state index contributed by atoms with van der Waals surface area (Å²) in [6.07, 6.45) is 3.41. The van der Waals surface area contributed by atoms with Crippen LogP contribution < -0.4 is 0 Å². The molecule has 0 unspecified atom stereocenters. The summed E-state index contributed by atoms with van der Waals surface area (Å²) in [6.45, 7) is 4.02. The first-order chi connectivity index (χ1) is 16.0. The lowest BCUT2D eigenvalue weighted by Gasteiger charge is -2.45. The van der Waals surface area contributed by atoms with Crippen molar-refractivity contribution in [2.24, 2.45) is 0 Å². The van der Waals surface area contributed by atoms with Crippen molar-refractivity contribution < 1.29 is 14.3 Å². The van der Waals surface area contributed by atoms with Crippen LogP contribution in [0.4, 0.5) is 0 Å². The van der Waals surface area contributed by atoms with E-state index in [1.165, 1.54) is 12.0 Å². The first-order valence-corrected chi connectivity index (χ1v) is 10.4. The number of esters is 1. The normalized spacial score (nSPS) is 17.4. The molecule has 0 bridgehead atoms. The van der Waals surface area contributed by atoms with Crippen LogP contribution in [0.5, 0.6) is 0 Å². The van der Waals surface area contributed by atoms with Gasteiger partial charge in [0.25, 0.3) is 5.91 Å². The van der Waals surface area contributed by atoms with E-state index in [2.05, 4.69) is 12.6 Å². The van der Waals surface area contributed by atoms with E-state index < -0.39 is 17.4 Å². The second-order valence-corrected chi connectivity index (χ2v) is 7.68. The lowest BCUT2D eigenvalue weighted by molar-refractivity contribution is -0.136. The topological polar surface area (TPSA) is 70.4 Å². The van der Waals surface area contributed by atoms with Gasteiger partial charge >= 0.3 is 5.97 Å². The Labute approximate surface area is 192 Å². The van der Waals surface area contributed by atoms with Crippen LogP contribution in [-0.2, 0) is 15.1 Å². The van der Waals surface area contributed by atoms with Crippen molar-refractivity contribution in [1.82, 2.24) is 4.90 Å². The Morgan fingerprint density at radius 1 is 0.970 bits per heavy atom. The molecule has 5 heteroatoms. The number of nitrogens with zero attached hydrogens (tertiary/aromatic N) is 2. The maximum atomic E-state index is 13.8. The zero-order chi connectivity index (χ0) is 23.4. The molecule has 0 fully saturated rings. The molecule has 2 atom stereocenters. The third kappa shape index (κ3) is 3.62. The van der Waals surface area contributed by atoms with Gasteiger partial charge in [-0.2, -0.15) is 5.26 Å². The van der Waals surface area contributed by atoms with Gasteiger partial charge in [0.2, 0.25) is 0 Å². The van der Waals surface area contributed by atoms with E-state index in [-0.39, 0.29) is 11.5 Å². The maximum absolute atomic E-state index is 13.8. The molecule has 33 heavy (non-hydrogen) atoms. The summed E-state index contributed by atoms with van der Waals surface area (Å²) in [5.74, 6) is -1.88. The Bertz CT molecular complexity index is 1280. The van der Waals surface area contributed by atoms with Crippen LogP contribution in [0.1, 0.15) is 33.0 Å². The van der Waals surface area contributed by atoms with E-state index >= 15 is 0 Å². The molecule has 0 saturated carbocycles. The van der Waals surface area contributed by atoms with Gasteiger partial charge in [0, 0.05) is 22.9 Å². The highest BCUT2D eigenvalue weighted by Crippen LogP contribution is 2.49. The summed E-state index contributed by atoms with van der Waals surface area (Å²) in [5.41, 5.74) is 1.00. The highest BCUT2D eigenvalue weighted by Gasteiger charge is 2.53. The standard InChI is InChI=1S/C28H22N2O3/c1-20(27(32)33-2)25(22-12-5-3-6-13-22)28(19-29)24-16-10-9-11-21(24)17-18-30(28)26(31)23-14-7-4-8-15-23/h3-18,25H,1H2,2H3/t25-,28-/m0/s1. The van der Waals surface area contributed by atoms with Gasteiger partial charge in [-0.25, -0.2) is 4.79 Å². The second kappa shape index (κ2) is 8.97. The van der Waals surface area contributed by atoms with Gasteiger partial charge in [-0.15, -0.1) is 0 Å². The predicted octanol–water partition coefficient (Wildman–Crippen LogP) is 5.05. The number of rotatable bonds is 5. The Morgan fingerprint density at radius 3 is 2.21 bits per heavy atom. The molecular weight excluding hydrogens is 412 g/mol. The Balaban J connectivity index is 2.03. The van der Waals surface area contributed by atoms with Gasteiger partial charge in [-0.3, -0.25) is 9.69 Å². The van der Waals surface area contributed by atoms with Gasteiger partial charge in [0.15, 0.2) is 5.54 Å². The van der Waals surface area contributed by atoms with Gasteiger partial charge in [0.1, 0.15) is 0 Å². The molecule has 0 aliphatic carbocycles. The van der Waals surface area contributed by atoms with E-state index in [9.17, 15) is 14.9 Å². The lowest BCUT2D eigenvalue weighted by Crippen LogP contribution is -2.52. The molecule has 1 amide bonds. The summed E-state index contributed by atoms with van der Waals surface area (Å²) >= 11 is 0. The Kier molecular flexibility index (Phi) is 5.93. The number of nitriles is 1. The molecule has 0 saturated heterocycles. The molecule has 0 aromatic heterocycles. The van der Waals surface area contributed by atoms with Crippen LogP contribution in [0, 0.1) is 11.3 Å². The minimum absolute atomic E-state index is 0.0845. The smallest absolute Gasteiger partial charge is 0.333 e. The van der Waals surface area contributed by atoms with Gasteiger partial charge in [-0.05, 0) is 29.3 Å². The third-order valence-electron chi connectivity index (χ3n) is 5.91. The number of benzene rings is 3. The van der Waals surface area contributed by atoms with Crippen molar-refractivity contribution in [3.05, 3.63) is 126 Å². The Morgan fingerprint density at radius 2 is 1.58 bits per heavy atom. The van der Waals surface area contributed by atoms with Gasteiger partial charge in [-0.1, -0.05) is 79.4 Å². The molecule has 1 aliphatic rings. The summed E-state index contributed by atoms with van der Waals surface area (Å²) in [7, 11) is 1.27. The maximum Gasteiger partial charge on any atom is 0.333 e. The zero-order valence-electron chi connectivity index (χ0n) is 18.1. The average molecular weight is 434 g/mol. The number of amides is 1. The minimum Gasteiger partial charge on any atom is -0.466 e. The van der Waals surface area contributed by atoms with Crippen molar-refractivity contribution in [3.63, 3.8) is 0 Å². The fourth-order valence-corrected chi connectivity index (χ4v) is 4.40. The molecule has 4 rings (SSSR count). The van der Waals surface area contributed by atoms with E-state index in [4.69, 9.17) is 4.74 Å².